The molecule has 0 spiro atoms. The van der Waals surface area contributed by atoms with Crippen molar-refractivity contribution in [1.82, 2.24) is 4.98 Å². The SMILES string of the molecule is CC(Cc1cccnc1)(C(=O)O)c1ccccc1C#N. The molecule has 2 aromatic rings. The van der Waals surface area contributed by atoms with Crippen LogP contribution >= 0.6 is 0 Å². The highest BCUT2D eigenvalue weighted by Crippen LogP contribution is 2.30. The second kappa shape index (κ2) is 5.54. The summed E-state index contributed by atoms with van der Waals surface area (Å²) >= 11 is 0. The van der Waals surface area contributed by atoms with Crippen LogP contribution < -0.4 is 0 Å². The largest absolute Gasteiger partial charge is 0.481 e. The van der Waals surface area contributed by atoms with E-state index in [1.54, 1.807) is 49.6 Å². The third kappa shape index (κ3) is 2.52. The first-order chi connectivity index (χ1) is 9.58. The Hall–Kier alpha value is -2.67. The zero-order valence-corrected chi connectivity index (χ0v) is 11.1. The number of carbonyl (C=O) groups is 1. The van der Waals surface area contributed by atoms with Crippen LogP contribution in [-0.4, -0.2) is 16.1 Å². The third-order valence-electron chi connectivity index (χ3n) is 3.39. The zero-order valence-electron chi connectivity index (χ0n) is 11.1. The van der Waals surface area contributed by atoms with E-state index in [9.17, 15) is 15.2 Å². The van der Waals surface area contributed by atoms with Gasteiger partial charge in [0.1, 0.15) is 0 Å². The molecule has 1 heterocycles. The van der Waals surface area contributed by atoms with Crippen LogP contribution in [-0.2, 0) is 16.6 Å². The molecular formula is C16H14N2O2. The van der Waals surface area contributed by atoms with Gasteiger partial charge in [-0.3, -0.25) is 9.78 Å². The molecular weight excluding hydrogens is 252 g/mol. The minimum Gasteiger partial charge on any atom is -0.481 e. The first-order valence-electron chi connectivity index (χ1n) is 6.20. The van der Waals surface area contributed by atoms with Crippen LogP contribution in [0.3, 0.4) is 0 Å². The standard InChI is InChI=1S/C16H14N2O2/c1-16(15(19)20,9-12-5-4-8-18-11-12)14-7-3-2-6-13(14)10-17/h2-8,11H,9H2,1H3,(H,19,20). The lowest BCUT2D eigenvalue weighted by Gasteiger charge is -2.26. The zero-order chi connectivity index (χ0) is 14.6. The fourth-order valence-corrected chi connectivity index (χ4v) is 2.26. The lowest BCUT2D eigenvalue weighted by molar-refractivity contribution is -0.143. The van der Waals surface area contributed by atoms with Crippen LogP contribution in [0, 0.1) is 11.3 Å². The number of benzene rings is 1. The Labute approximate surface area is 117 Å². The van der Waals surface area contributed by atoms with E-state index in [1.165, 1.54) is 0 Å². The van der Waals surface area contributed by atoms with Crippen molar-refractivity contribution >= 4 is 5.97 Å². The van der Waals surface area contributed by atoms with Crippen molar-refractivity contribution in [3.63, 3.8) is 0 Å². The molecule has 0 bridgehead atoms. The van der Waals surface area contributed by atoms with E-state index in [4.69, 9.17) is 0 Å². The molecule has 0 radical (unpaired) electrons. The fraction of sp³-hybridized carbons (Fsp3) is 0.188. The maximum Gasteiger partial charge on any atom is 0.314 e. The molecule has 1 aromatic heterocycles. The molecule has 0 aliphatic carbocycles. The molecule has 4 nitrogen and oxygen atoms in total. The van der Waals surface area contributed by atoms with Crippen molar-refractivity contribution in [2.75, 3.05) is 0 Å². The lowest BCUT2D eigenvalue weighted by atomic mass is 9.76. The molecule has 1 N–H and O–H groups in total. The summed E-state index contributed by atoms with van der Waals surface area (Å²) in [5.41, 5.74) is 0.584. The van der Waals surface area contributed by atoms with E-state index in [0.29, 0.717) is 11.1 Å². The topological polar surface area (TPSA) is 74.0 Å². The number of pyridine rings is 1. The molecule has 1 atom stereocenters. The second-order valence-corrected chi connectivity index (χ2v) is 4.83. The summed E-state index contributed by atoms with van der Waals surface area (Å²) in [6.45, 7) is 1.64. The van der Waals surface area contributed by atoms with Crippen molar-refractivity contribution in [3.8, 4) is 6.07 Å². The Morgan fingerprint density at radius 1 is 1.35 bits per heavy atom. The van der Waals surface area contributed by atoms with Crippen LogP contribution in [0.2, 0.25) is 0 Å². The summed E-state index contributed by atoms with van der Waals surface area (Å²) in [5, 5.41) is 18.8. The van der Waals surface area contributed by atoms with Gasteiger partial charge in [-0.25, -0.2) is 0 Å². The highest BCUT2D eigenvalue weighted by atomic mass is 16.4. The molecule has 0 saturated heterocycles. The molecule has 4 heteroatoms. The number of aliphatic carboxylic acids is 1. The first kappa shape index (κ1) is 13.8. The Morgan fingerprint density at radius 3 is 2.70 bits per heavy atom. The number of nitriles is 1. The van der Waals surface area contributed by atoms with Gasteiger partial charge in [-0.2, -0.15) is 5.26 Å². The molecule has 2 rings (SSSR count). The Bertz CT molecular complexity index is 662. The first-order valence-corrected chi connectivity index (χ1v) is 6.20. The van der Waals surface area contributed by atoms with Gasteiger partial charge in [0.15, 0.2) is 0 Å². The summed E-state index contributed by atoms with van der Waals surface area (Å²) in [4.78, 5) is 15.8. The maximum absolute atomic E-state index is 11.8. The van der Waals surface area contributed by atoms with Crippen LogP contribution in [0.4, 0.5) is 0 Å². The molecule has 0 aliphatic heterocycles. The van der Waals surface area contributed by atoms with E-state index in [1.807, 2.05) is 6.07 Å². The molecule has 0 fully saturated rings. The van der Waals surface area contributed by atoms with Crippen molar-refractivity contribution < 1.29 is 9.90 Å². The van der Waals surface area contributed by atoms with Crippen LogP contribution in [0.5, 0.6) is 0 Å². The van der Waals surface area contributed by atoms with E-state index in [0.717, 1.165) is 5.56 Å². The molecule has 0 aliphatic rings. The van der Waals surface area contributed by atoms with E-state index >= 15 is 0 Å². The van der Waals surface area contributed by atoms with Crippen molar-refractivity contribution in [3.05, 3.63) is 65.5 Å². The number of hydrogen-bond donors (Lipinski definition) is 1. The predicted molar refractivity (Wildman–Crippen MR) is 74.1 cm³/mol. The van der Waals surface area contributed by atoms with Gasteiger partial charge in [0.2, 0.25) is 0 Å². The van der Waals surface area contributed by atoms with Crippen LogP contribution in [0.1, 0.15) is 23.6 Å². The van der Waals surface area contributed by atoms with E-state index in [2.05, 4.69) is 11.1 Å². The van der Waals surface area contributed by atoms with Crippen molar-refractivity contribution in [2.24, 2.45) is 0 Å². The predicted octanol–water partition coefficient (Wildman–Crippen LogP) is 2.54. The molecule has 100 valence electrons. The number of aromatic nitrogens is 1. The van der Waals surface area contributed by atoms with Gasteiger partial charge in [0.05, 0.1) is 17.0 Å². The Balaban J connectivity index is 2.50. The minimum absolute atomic E-state index is 0.287. The lowest BCUT2D eigenvalue weighted by Crippen LogP contribution is -2.35. The normalized spacial score (nSPS) is 13.2. The maximum atomic E-state index is 11.8. The molecule has 0 saturated carbocycles. The van der Waals surface area contributed by atoms with Gasteiger partial charge in [-0.05, 0) is 36.6 Å². The average molecular weight is 266 g/mol. The molecule has 1 unspecified atom stereocenters. The number of rotatable bonds is 4. The molecule has 20 heavy (non-hydrogen) atoms. The van der Waals surface area contributed by atoms with Gasteiger partial charge in [-0.15, -0.1) is 0 Å². The third-order valence-corrected chi connectivity index (χ3v) is 3.39. The molecule has 1 aromatic carbocycles. The number of carboxylic acids is 1. The summed E-state index contributed by atoms with van der Waals surface area (Å²) in [6.07, 6.45) is 3.58. The number of nitrogens with zero attached hydrogens (tertiary/aromatic N) is 2. The van der Waals surface area contributed by atoms with Gasteiger partial charge in [0, 0.05) is 12.4 Å². The summed E-state index contributed by atoms with van der Waals surface area (Å²) < 4.78 is 0. The summed E-state index contributed by atoms with van der Waals surface area (Å²) in [7, 11) is 0. The van der Waals surface area contributed by atoms with Gasteiger partial charge < -0.3 is 5.11 Å². The van der Waals surface area contributed by atoms with Crippen LogP contribution in [0.25, 0.3) is 0 Å². The number of carboxylic acid groups (broad SMARTS) is 1. The summed E-state index contributed by atoms with van der Waals surface area (Å²) in [5.74, 6) is -0.955. The monoisotopic (exact) mass is 266 g/mol. The van der Waals surface area contributed by atoms with E-state index < -0.39 is 11.4 Å². The van der Waals surface area contributed by atoms with Crippen LogP contribution in [0.15, 0.2) is 48.8 Å². The fourth-order valence-electron chi connectivity index (χ4n) is 2.26. The smallest absolute Gasteiger partial charge is 0.314 e. The highest BCUT2D eigenvalue weighted by molar-refractivity contribution is 5.82. The van der Waals surface area contributed by atoms with E-state index in [-0.39, 0.29) is 6.42 Å². The number of hydrogen-bond acceptors (Lipinski definition) is 3. The quantitative estimate of drug-likeness (QED) is 0.922. The van der Waals surface area contributed by atoms with Gasteiger partial charge >= 0.3 is 5.97 Å². The van der Waals surface area contributed by atoms with Crippen molar-refractivity contribution in [1.29, 1.82) is 5.26 Å². The minimum atomic E-state index is -1.16. The summed E-state index contributed by atoms with van der Waals surface area (Å²) in [6, 6.07) is 12.5. The highest BCUT2D eigenvalue weighted by Gasteiger charge is 2.37. The Morgan fingerprint density at radius 2 is 2.10 bits per heavy atom. The average Bonchev–Trinajstić information content (AvgIpc) is 2.48. The van der Waals surface area contributed by atoms with Crippen molar-refractivity contribution in [2.45, 2.75) is 18.8 Å². The second-order valence-electron chi connectivity index (χ2n) is 4.83. The molecule has 0 amide bonds. The Kier molecular flexibility index (Phi) is 3.81. The van der Waals surface area contributed by atoms with Gasteiger partial charge in [0.25, 0.3) is 0 Å². The van der Waals surface area contributed by atoms with Gasteiger partial charge in [-0.1, -0.05) is 24.3 Å².